The van der Waals surface area contributed by atoms with Gasteiger partial charge in [0.1, 0.15) is 6.10 Å². The SMILES string of the molecule is CCOC(=O)/C=C/[C@H](C)[C@@H](O)CC#C[C@H](CC)OCc1ccccc1. The third-order valence-corrected chi connectivity index (χ3v) is 3.67. The van der Waals surface area contributed by atoms with Gasteiger partial charge in [-0.1, -0.05) is 62.1 Å². The Hall–Kier alpha value is -2.09. The minimum Gasteiger partial charge on any atom is -0.463 e. The number of aliphatic hydroxyl groups is 1. The van der Waals surface area contributed by atoms with Crippen molar-refractivity contribution >= 4 is 5.97 Å². The van der Waals surface area contributed by atoms with E-state index in [1.165, 1.54) is 6.08 Å². The molecule has 25 heavy (non-hydrogen) atoms. The molecule has 1 N–H and O–H groups in total. The standard InChI is InChI=1S/C21H28O4/c1-4-19(25-16-18-10-7-6-8-11-18)12-9-13-20(22)17(3)14-15-21(23)24-5-2/h6-8,10-11,14-15,17,19-20,22H,4-5,13,16H2,1-3H3/b15-14+/t17-,19-,20-/m0/s1. The molecule has 1 aromatic rings. The molecule has 0 fully saturated rings. The maximum Gasteiger partial charge on any atom is 0.330 e. The lowest BCUT2D eigenvalue weighted by molar-refractivity contribution is -0.137. The molecule has 1 aromatic carbocycles. The van der Waals surface area contributed by atoms with Crippen LogP contribution in [0.3, 0.4) is 0 Å². The van der Waals surface area contributed by atoms with Crippen molar-refractivity contribution in [2.75, 3.05) is 6.61 Å². The van der Waals surface area contributed by atoms with E-state index in [2.05, 4.69) is 11.8 Å². The predicted molar refractivity (Wildman–Crippen MR) is 98.6 cm³/mol. The number of benzene rings is 1. The Balaban J connectivity index is 2.42. The van der Waals surface area contributed by atoms with Gasteiger partial charge in [-0.2, -0.15) is 0 Å². The summed E-state index contributed by atoms with van der Waals surface area (Å²) in [6.07, 6.45) is 3.33. The second-order valence-electron chi connectivity index (χ2n) is 5.76. The van der Waals surface area contributed by atoms with Crippen LogP contribution in [0.1, 0.15) is 39.2 Å². The van der Waals surface area contributed by atoms with Crippen molar-refractivity contribution in [3.63, 3.8) is 0 Å². The van der Waals surface area contributed by atoms with E-state index in [0.29, 0.717) is 19.6 Å². The zero-order valence-electron chi connectivity index (χ0n) is 15.3. The van der Waals surface area contributed by atoms with E-state index in [4.69, 9.17) is 9.47 Å². The van der Waals surface area contributed by atoms with Gasteiger partial charge in [0.05, 0.1) is 19.3 Å². The number of hydrogen-bond acceptors (Lipinski definition) is 4. The second kappa shape index (κ2) is 12.3. The summed E-state index contributed by atoms with van der Waals surface area (Å²) in [6.45, 7) is 6.47. The third-order valence-electron chi connectivity index (χ3n) is 3.67. The Morgan fingerprint density at radius 1 is 1.28 bits per heavy atom. The summed E-state index contributed by atoms with van der Waals surface area (Å²) in [5.74, 6) is 5.48. The van der Waals surface area contributed by atoms with E-state index in [1.807, 2.05) is 44.2 Å². The highest BCUT2D eigenvalue weighted by Gasteiger charge is 2.11. The molecular formula is C21H28O4. The third kappa shape index (κ3) is 9.09. The first-order valence-corrected chi connectivity index (χ1v) is 8.73. The number of esters is 1. The topological polar surface area (TPSA) is 55.8 Å². The van der Waals surface area contributed by atoms with E-state index < -0.39 is 12.1 Å². The van der Waals surface area contributed by atoms with Crippen LogP contribution in [0.2, 0.25) is 0 Å². The summed E-state index contributed by atoms with van der Waals surface area (Å²) in [6, 6.07) is 9.96. The molecule has 0 bridgehead atoms. The van der Waals surface area contributed by atoms with Crippen LogP contribution >= 0.6 is 0 Å². The van der Waals surface area contributed by atoms with E-state index >= 15 is 0 Å². The maximum atomic E-state index is 11.3. The fourth-order valence-electron chi connectivity index (χ4n) is 2.04. The van der Waals surface area contributed by atoms with Crippen molar-refractivity contribution < 1.29 is 19.4 Å². The van der Waals surface area contributed by atoms with Crippen LogP contribution in [0.15, 0.2) is 42.5 Å². The molecule has 0 spiro atoms. The summed E-state index contributed by atoms with van der Waals surface area (Å²) < 4.78 is 10.6. The number of carbonyl (C=O) groups is 1. The molecule has 4 nitrogen and oxygen atoms in total. The Morgan fingerprint density at radius 3 is 2.64 bits per heavy atom. The zero-order valence-corrected chi connectivity index (χ0v) is 15.3. The number of rotatable bonds is 9. The normalized spacial score (nSPS) is 14.4. The molecular weight excluding hydrogens is 316 g/mol. The minimum absolute atomic E-state index is 0.155. The molecule has 0 saturated carbocycles. The molecule has 3 atom stereocenters. The second-order valence-corrected chi connectivity index (χ2v) is 5.76. The highest BCUT2D eigenvalue weighted by Crippen LogP contribution is 2.09. The van der Waals surface area contributed by atoms with Gasteiger partial charge >= 0.3 is 5.97 Å². The van der Waals surface area contributed by atoms with Crippen molar-refractivity contribution in [1.29, 1.82) is 0 Å². The van der Waals surface area contributed by atoms with Crippen molar-refractivity contribution in [2.45, 2.75) is 52.4 Å². The molecule has 0 radical (unpaired) electrons. The lowest BCUT2D eigenvalue weighted by atomic mass is 10.0. The van der Waals surface area contributed by atoms with Crippen LogP contribution in [0, 0.1) is 17.8 Å². The largest absolute Gasteiger partial charge is 0.463 e. The number of aliphatic hydroxyl groups excluding tert-OH is 1. The number of hydrogen-bond donors (Lipinski definition) is 1. The molecule has 0 aromatic heterocycles. The molecule has 0 aliphatic rings. The average molecular weight is 344 g/mol. The van der Waals surface area contributed by atoms with Crippen LogP contribution in [0.25, 0.3) is 0 Å². The minimum atomic E-state index is -0.634. The quantitative estimate of drug-likeness (QED) is 0.423. The highest BCUT2D eigenvalue weighted by atomic mass is 16.5. The van der Waals surface area contributed by atoms with Crippen molar-refractivity contribution in [3.8, 4) is 11.8 Å². The Bertz CT molecular complexity index is 583. The molecule has 0 aliphatic carbocycles. The molecule has 4 heteroatoms. The Kier molecular flexibility index (Phi) is 10.3. The van der Waals surface area contributed by atoms with E-state index in [-0.39, 0.29) is 12.0 Å². The lowest BCUT2D eigenvalue weighted by Crippen LogP contribution is -2.16. The highest BCUT2D eigenvalue weighted by molar-refractivity contribution is 5.81. The van der Waals surface area contributed by atoms with Gasteiger partial charge < -0.3 is 14.6 Å². The van der Waals surface area contributed by atoms with Gasteiger partial charge in [0, 0.05) is 18.4 Å². The molecule has 1 rings (SSSR count). The summed E-state index contributed by atoms with van der Waals surface area (Å²) in [7, 11) is 0. The Labute approximate surface area is 150 Å². The summed E-state index contributed by atoms with van der Waals surface area (Å²) in [5, 5.41) is 10.1. The molecule has 0 aliphatic heterocycles. The first kappa shape index (κ1) is 21.0. The predicted octanol–water partition coefficient (Wildman–Crippen LogP) is 3.49. The average Bonchev–Trinajstić information content (AvgIpc) is 2.63. The van der Waals surface area contributed by atoms with Crippen LogP contribution in [0.5, 0.6) is 0 Å². The number of ether oxygens (including phenoxy) is 2. The van der Waals surface area contributed by atoms with Crippen LogP contribution in [0.4, 0.5) is 0 Å². The first-order valence-electron chi connectivity index (χ1n) is 8.73. The van der Waals surface area contributed by atoms with Crippen LogP contribution in [-0.4, -0.2) is 29.9 Å². The molecule has 0 unspecified atom stereocenters. The van der Waals surface area contributed by atoms with Gasteiger partial charge in [0.25, 0.3) is 0 Å². The summed E-state index contributed by atoms with van der Waals surface area (Å²) in [5.41, 5.74) is 1.11. The van der Waals surface area contributed by atoms with Gasteiger partial charge in [0.15, 0.2) is 0 Å². The van der Waals surface area contributed by atoms with Gasteiger partial charge in [0.2, 0.25) is 0 Å². The van der Waals surface area contributed by atoms with Gasteiger partial charge in [-0.05, 0) is 18.9 Å². The molecule has 0 heterocycles. The fourth-order valence-corrected chi connectivity index (χ4v) is 2.04. The number of carbonyl (C=O) groups excluding carboxylic acids is 1. The fraction of sp³-hybridized carbons (Fsp3) is 0.476. The van der Waals surface area contributed by atoms with Crippen molar-refractivity contribution in [1.82, 2.24) is 0 Å². The first-order chi connectivity index (χ1) is 12.1. The smallest absolute Gasteiger partial charge is 0.330 e. The molecule has 0 saturated heterocycles. The summed E-state index contributed by atoms with van der Waals surface area (Å²) in [4.78, 5) is 11.3. The lowest BCUT2D eigenvalue weighted by Gasteiger charge is -2.13. The maximum absolute atomic E-state index is 11.3. The molecule has 136 valence electrons. The van der Waals surface area contributed by atoms with Gasteiger partial charge in [-0.15, -0.1) is 0 Å². The van der Waals surface area contributed by atoms with Crippen molar-refractivity contribution in [2.24, 2.45) is 5.92 Å². The van der Waals surface area contributed by atoms with Gasteiger partial charge in [-0.3, -0.25) is 0 Å². The summed E-state index contributed by atoms with van der Waals surface area (Å²) >= 11 is 0. The van der Waals surface area contributed by atoms with Gasteiger partial charge in [-0.25, -0.2) is 4.79 Å². The monoisotopic (exact) mass is 344 g/mol. The Morgan fingerprint density at radius 2 is 2.00 bits per heavy atom. The van der Waals surface area contributed by atoms with Crippen molar-refractivity contribution in [3.05, 3.63) is 48.0 Å². The molecule has 0 amide bonds. The zero-order chi connectivity index (χ0) is 18.5. The van der Waals surface area contributed by atoms with E-state index in [9.17, 15) is 9.90 Å². The van der Waals surface area contributed by atoms with Crippen LogP contribution < -0.4 is 0 Å². The van der Waals surface area contributed by atoms with E-state index in [0.717, 1.165) is 12.0 Å². The van der Waals surface area contributed by atoms with E-state index in [1.54, 1.807) is 13.0 Å². The van der Waals surface area contributed by atoms with Crippen LogP contribution in [-0.2, 0) is 20.9 Å².